The number of rotatable bonds is 6. The quantitative estimate of drug-likeness (QED) is 0.251. The molecule has 43 heavy (non-hydrogen) atoms. The Morgan fingerprint density at radius 1 is 1.07 bits per heavy atom. The predicted octanol–water partition coefficient (Wildman–Crippen LogP) is 3.31. The number of aromatic nitrogens is 5. The lowest BCUT2D eigenvalue weighted by Crippen LogP contribution is -2.49. The topological polar surface area (TPSA) is 129 Å². The number of pyridine rings is 2. The molecule has 7 rings (SSSR count). The van der Waals surface area contributed by atoms with E-state index >= 15 is 4.39 Å². The second-order valence-electron chi connectivity index (χ2n) is 10.3. The van der Waals surface area contributed by atoms with Crippen LogP contribution in [0, 0.1) is 5.82 Å². The second-order valence-corrected chi connectivity index (χ2v) is 11.4. The molecule has 1 saturated heterocycles. The van der Waals surface area contributed by atoms with Crippen LogP contribution in [0.3, 0.4) is 0 Å². The number of nitrogens with zero attached hydrogens (tertiary/aromatic N) is 6. The van der Waals surface area contributed by atoms with Crippen molar-refractivity contribution in [3.63, 3.8) is 0 Å². The highest BCUT2D eigenvalue weighted by atomic mass is 32.1. The predicted molar refractivity (Wildman–Crippen MR) is 164 cm³/mol. The van der Waals surface area contributed by atoms with E-state index in [2.05, 4.69) is 25.6 Å². The number of anilines is 1. The van der Waals surface area contributed by atoms with Crippen molar-refractivity contribution in [2.75, 3.05) is 18.0 Å². The van der Waals surface area contributed by atoms with Crippen LogP contribution in [-0.4, -0.2) is 67.2 Å². The number of thiophene rings is 1. The molecule has 10 nitrogen and oxygen atoms in total. The standard InChI is InChI=1S/C30H25BFN7O3S/c32-24-15-20(39-29-25(36-37-39)4-2-13-34-29)9-10-22(24)30(40)38(21-3-1-12-33-17-21)28-23-16-27(43-26(23)11-14-35-28)18-5-7-19(8-6-18)31(41)42/h2,4-11,13-16,21,33,41-42H,1,3,12,17H2/t21-/m1/s1. The zero-order valence-electron chi connectivity index (χ0n) is 22.8. The minimum absolute atomic E-state index is 0.0703. The Morgan fingerprint density at radius 3 is 2.70 bits per heavy atom. The molecule has 6 aromatic rings. The first kappa shape index (κ1) is 27.3. The van der Waals surface area contributed by atoms with Crippen molar-refractivity contribution in [3.05, 3.63) is 90.5 Å². The highest BCUT2D eigenvalue weighted by Gasteiger charge is 2.32. The minimum Gasteiger partial charge on any atom is -0.423 e. The first-order chi connectivity index (χ1) is 21.0. The summed E-state index contributed by atoms with van der Waals surface area (Å²) in [5, 5.41) is 31.3. The second kappa shape index (κ2) is 11.3. The maximum absolute atomic E-state index is 15.8. The molecular formula is C30H25BFN7O3S. The molecule has 1 amide bonds. The number of carbonyl (C=O) groups is 1. The van der Waals surface area contributed by atoms with E-state index in [-0.39, 0.29) is 11.6 Å². The molecule has 1 aliphatic heterocycles. The van der Waals surface area contributed by atoms with Crippen LogP contribution in [0.25, 0.3) is 37.4 Å². The van der Waals surface area contributed by atoms with Gasteiger partial charge in [0.1, 0.15) is 17.2 Å². The molecule has 0 spiro atoms. The zero-order chi connectivity index (χ0) is 29.5. The van der Waals surface area contributed by atoms with E-state index in [1.54, 1.807) is 59.0 Å². The van der Waals surface area contributed by atoms with Crippen LogP contribution in [0.2, 0.25) is 0 Å². The van der Waals surface area contributed by atoms with Gasteiger partial charge in [-0.2, -0.15) is 4.68 Å². The first-order valence-corrected chi connectivity index (χ1v) is 14.7. The monoisotopic (exact) mass is 593 g/mol. The van der Waals surface area contributed by atoms with E-state index < -0.39 is 18.8 Å². The molecule has 0 radical (unpaired) electrons. The summed E-state index contributed by atoms with van der Waals surface area (Å²) in [6.45, 7) is 1.41. The third kappa shape index (κ3) is 5.06. The number of amides is 1. The van der Waals surface area contributed by atoms with Crippen LogP contribution in [0.5, 0.6) is 0 Å². The van der Waals surface area contributed by atoms with Crippen molar-refractivity contribution in [2.45, 2.75) is 18.9 Å². The van der Waals surface area contributed by atoms with Crippen molar-refractivity contribution < 1.29 is 19.2 Å². The molecule has 13 heteroatoms. The number of fused-ring (bicyclic) bond motifs is 2. The van der Waals surface area contributed by atoms with E-state index in [4.69, 9.17) is 0 Å². The lowest BCUT2D eigenvalue weighted by atomic mass is 9.80. The Bertz CT molecular complexity index is 1960. The van der Waals surface area contributed by atoms with Gasteiger partial charge in [0.15, 0.2) is 5.65 Å². The Kier molecular flexibility index (Phi) is 7.15. The Morgan fingerprint density at radius 2 is 1.93 bits per heavy atom. The van der Waals surface area contributed by atoms with Crippen LogP contribution >= 0.6 is 11.3 Å². The van der Waals surface area contributed by atoms with Gasteiger partial charge in [0.2, 0.25) is 0 Å². The molecular weight excluding hydrogens is 568 g/mol. The fourth-order valence-corrected chi connectivity index (χ4v) is 6.53. The molecule has 0 bridgehead atoms. The number of nitrogens with one attached hydrogen (secondary N) is 1. The van der Waals surface area contributed by atoms with Gasteiger partial charge in [0, 0.05) is 40.0 Å². The molecule has 4 aromatic heterocycles. The fourth-order valence-electron chi connectivity index (χ4n) is 5.47. The molecule has 1 fully saturated rings. The lowest BCUT2D eigenvalue weighted by Gasteiger charge is -2.34. The zero-order valence-corrected chi connectivity index (χ0v) is 23.6. The van der Waals surface area contributed by atoms with Gasteiger partial charge in [0.25, 0.3) is 5.91 Å². The smallest absolute Gasteiger partial charge is 0.423 e. The van der Waals surface area contributed by atoms with Crippen molar-refractivity contribution in [1.82, 2.24) is 30.3 Å². The van der Waals surface area contributed by atoms with E-state index in [9.17, 15) is 14.8 Å². The number of hydrogen-bond acceptors (Lipinski definition) is 9. The van der Waals surface area contributed by atoms with Crippen LogP contribution in [0.4, 0.5) is 10.2 Å². The summed E-state index contributed by atoms with van der Waals surface area (Å²) in [7, 11) is -1.54. The van der Waals surface area contributed by atoms with Crippen LogP contribution in [0.15, 0.2) is 79.1 Å². The first-order valence-electron chi connectivity index (χ1n) is 13.8. The number of carbonyl (C=O) groups excluding carboxylic acids is 1. The third-order valence-electron chi connectivity index (χ3n) is 7.64. The summed E-state index contributed by atoms with van der Waals surface area (Å²) in [6.07, 6.45) is 4.90. The third-order valence-corrected chi connectivity index (χ3v) is 8.79. The normalized spacial score (nSPS) is 15.2. The Hall–Kier alpha value is -4.56. The van der Waals surface area contributed by atoms with E-state index in [0.29, 0.717) is 34.7 Å². The summed E-state index contributed by atoms with van der Waals surface area (Å²) in [6, 6.07) is 18.5. The van der Waals surface area contributed by atoms with Crippen molar-refractivity contribution in [1.29, 1.82) is 0 Å². The average Bonchev–Trinajstić information content (AvgIpc) is 3.67. The van der Waals surface area contributed by atoms with Gasteiger partial charge in [0.05, 0.1) is 17.3 Å². The number of benzene rings is 2. The van der Waals surface area contributed by atoms with Crippen LogP contribution in [0.1, 0.15) is 23.2 Å². The highest BCUT2D eigenvalue weighted by Crippen LogP contribution is 2.38. The molecule has 0 unspecified atom stereocenters. The molecule has 5 heterocycles. The molecule has 214 valence electrons. The summed E-state index contributed by atoms with van der Waals surface area (Å²) in [5.41, 5.74) is 2.70. The Labute approximate surface area is 249 Å². The fraction of sp³-hybridized carbons (Fsp3) is 0.167. The summed E-state index contributed by atoms with van der Waals surface area (Å²) in [4.78, 5) is 25.7. The number of hydrogen-bond donors (Lipinski definition) is 3. The van der Waals surface area contributed by atoms with Gasteiger partial charge in [-0.3, -0.25) is 9.69 Å². The largest absolute Gasteiger partial charge is 0.488 e. The highest BCUT2D eigenvalue weighted by molar-refractivity contribution is 7.22. The number of piperidine rings is 1. The molecule has 0 saturated carbocycles. The summed E-state index contributed by atoms with van der Waals surface area (Å²) >= 11 is 1.54. The SMILES string of the molecule is O=C(c1ccc(-n2nnc3cccnc32)cc1F)N(c1nccc2sc(-c3ccc(B(O)O)cc3)cc12)[C@@H]1CCCNC1. The van der Waals surface area contributed by atoms with Gasteiger partial charge in [-0.05, 0) is 66.8 Å². The molecule has 2 aromatic carbocycles. The minimum atomic E-state index is -1.54. The van der Waals surface area contributed by atoms with Crippen LogP contribution < -0.4 is 15.7 Å². The average molecular weight is 593 g/mol. The van der Waals surface area contributed by atoms with Gasteiger partial charge in [-0.25, -0.2) is 14.4 Å². The van der Waals surface area contributed by atoms with Gasteiger partial charge < -0.3 is 15.4 Å². The van der Waals surface area contributed by atoms with Crippen molar-refractivity contribution in [2.24, 2.45) is 0 Å². The molecule has 1 atom stereocenters. The summed E-state index contributed by atoms with van der Waals surface area (Å²) < 4.78 is 18.1. The van der Waals surface area contributed by atoms with Gasteiger partial charge >= 0.3 is 7.12 Å². The number of halogens is 1. The lowest BCUT2D eigenvalue weighted by molar-refractivity contribution is 0.0968. The maximum Gasteiger partial charge on any atom is 0.488 e. The van der Waals surface area contributed by atoms with E-state index in [1.807, 2.05) is 24.3 Å². The van der Waals surface area contributed by atoms with Crippen LogP contribution in [-0.2, 0) is 0 Å². The van der Waals surface area contributed by atoms with Gasteiger partial charge in [-0.15, -0.1) is 16.4 Å². The molecule has 3 N–H and O–H groups in total. The maximum atomic E-state index is 15.8. The molecule has 1 aliphatic rings. The summed E-state index contributed by atoms with van der Waals surface area (Å²) in [5.74, 6) is -0.690. The van der Waals surface area contributed by atoms with E-state index in [0.717, 1.165) is 39.9 Å². The van der Waals surface area contributed by atoms with Gasteiger partial charge in [-0.1, -0.05) is 29.5 Å². The van der Waals surface area contributed by atoms with E-state index in [1.165, 1.54) is 16.8 Å². The Balaban J connectivity index is 1.28. The van der Waals surface area contributed by atoms with Crippen molar-refractivity contribution in [3.8, 4) is 16.1 Å². The van der Waals surface area contributed by atoms with Crippen molar-refractivity contribution >= 4 is 56.9 Å². The molecule has 0 aliphatic carbocycles.